The summed E-state index contributed by atoms with van der Waals surface area (Å²) < 4.78 is 4.82. The van der Waals surface area contributed by atoms with E-state index in [1.54, 1.807) is 26.4 Å². The lowest BCUT2D eigenvalue weighted by atomic mass is 10.2. The Bertz CT molecular complexity index is 398. The largest absolute Gasteiger partial charge is 0.389 e. The van der Waals surface area contributed by atoms with E-state index in [1.165, 1.54) is 18.2 Å². The van der Waals surface area contributed by atoms with Gasteiger partial charge in [0, 0.05) is 45.8 Å². The number of carbonyl (C=O) groups excluding carboxylic acids is 1. The number of pyridine rings is 1. The minimum absolute atomic E-state index is 0.192. The van der Waals surface area contributed by atoms with E-state index in [1.807, 2.05) is 0 Å². The molecule has 1 aromatic heterocycles. The topological polar surface area (TPSA) is 74.7 Å². The van der Waals surface area contributed by atoms with Gasteiger partial charge in [-0.25, -0.2) is 0 Å². The number of aliphatic hydroxyl groups is 1. The maximum Gasteiger partial charge on any atom is 0.257 e. The molecule has 0 spiro atoms. The SMILES string of the molecule is CNc1ccncc1C(=O)N(C)CC(O)COC. The maximum atomic E-state index is 12.2. The second-order valence-electron chi connectivity index (χ2n) is 3.97. The number of anilines is 1. The van der Waals surface area contributed by atoms with Gasteiger partial charge in [-0.05, 0) is 6.07 Å². The van der Waals surface area contributed by atoms with E-state index in [0.29, 0.717) is 11.3 Å². The standard InChI is InChI=1S/C12H19N3O3/c1-13-11-4-5-14-6-10(11)12(17)15(2)7-9(16)8-18-3/h4-6,9,16H,7-8H2,1-3H3,(H,13,14). The Labute approximate surface area is 107 Å². The summed E-state index contributed by atoms with van der Waals surface area (Å²) in [5.74, 6) is -0.192. The molecule has 1 aromatic rings. The minimum Gasteiger partial charge on any atom is -0.389 e. The number of aromatic nitrogens is 1. The number of rotatable bonds is 6. The summed E-state index contributed by atoms with van der Waals surface area (Å²) in [5.41, 5.74) is 1.19. The van der Waals surface area contributed by atoms with Crippen molar-refractivity contribution in [2.45, 2.75) is 6.10 Å². The molecule has 0 bridgehead atoms. The normalized spacial score (nSPS) is 12.0. The van der Waals surface area contributed by atoms with Gasteiger partial charge in [-0.1, -0.05) is 0 Å². The van der Waals surface area contributed by atoms with Crippen molar-refractivity contribution in [2.75, 3.05) is 39.7 Å². The molecule has 2 N–H and O–H groups in total. The summed E-state index contributed by atoms with van der Waals surface area (Å²) in [6.07, 6.45) is 2.43. The van der Waals surface area contributed by atoms with Crippen LogP contribution in [0.5, 0.6) is 0 Å². The van der Waals surface area contributed by atoms with E-state index >= 15 is 0 Å². The highest BCUT2D eigenvalue weighted by Gasteiger charge is 2.18. The van der Waals surface area contributed by atoms with Gasteiger partial charge in [0.05, 0.1) is 18.3 Å². The van der Waals surface area contributed by atoms with Gasteiger partial charge < -0.3 is 20.1 Å². The van der Waals surface area contributed by atoms with Crippen LogP contribution in [-0.4, -0.2) is 61.4 Å². The Morgan fingerprint density at radius 3 is 3.00 bits per heavy atom. The predicted molar refractivity (Wildman–Crippen MR) is 68.6 cm³/mol. The average molecular weight is 253 g/mol. The number of ether oxygens (including phenoxy) is 1. The Morgan fingerprint density at radius 2 is 2.39 bits per heavy atom. The van der Waals surface area contributed by atoms with Crippen LogP contribution in [0.1, 0.15) is 10.4 Å². The Hall–Kier alpha value is -1.66. The molecule has 0 aromatic carbocycles. The van der Waals surface area contributed by atoms with Crippen molar-refractivity contribution in [2.24, 2.45) is 0 Å². The van der Waals surface area contributed by atoms with Crippen LogP contribution in [0.15, 0.2) is 18.5 Å². The third-order valence-electron chi connectivity index (χ3n) is 2.51. The number of amides is 1. The quantitative estimate of drug-likeness (QED) is 0.757. The molecule has 0 saturated heterocycles. The number of aliphatic hydroxyl groups excluding tert-OH is 1. The fourth-order valence-corrected chi connectivity index (χ4v) is 1.63. The first kappa shape index (κ1) is 14.4. The van der Waals surface area contributed by atoms with E-state index in [9.17, 15) is 9.90 Å². The molecule has 6 heteroatoms. The molecule has 0 saturated carbocycles. The zero-order valence-electron chi connectivity index (χ0n) is 10.9. The van der Waals surface area contributed by atoms with Crippen LogP contribution >= 0.6 is 0 Å². The fraction of sp³-hybridized carbons (Fsp3) is 0.500. The predicted octanol–water partition coefficient (Wildman–Crippen LogP) is 0.203. The summed E-state index contributed by atoms with van der Waals surface area (Å²) in [5, 5.41) is 12.5. The molecule has 1 amide bonds. The zero-order chi connectivity index (χ0) is 13.5. The summed E-state index contributed by atoms with van der Waals surface area (Å²) >= 11 is 0. The maximum absolute atomic E-state index is 12.2. The highest BCUT2D eigenvalue weighted by molar-refractivity contribution is 5.99. The molecule has 6 nitrogen and oxygen atoms in total. The number of nitrogens with zero attached hydrogens (tertiary/aromatic N) is 2. The molecule has 0 radical (unpaired) electrons. The van der Waals surface area contributed by atoms with Gasteiger partial charge in [0.1, 0.15) is 0 Å². The number of likely N-dealkylation sites (N-methyl/N-ethyl adjacent to an activating group) is 1. The summed E-state index contributed by atoms with van der Waals surface area (Å²) in [6, 6.07) is 1.73. The molecule has 0 aliphatic carbocycles. The molecule has 1 rings (SSSR count). The number of methoxy groups -OCH3 is 1. The monoisotopic (exact) mass is 253 g/mol. The molecule has 1 heterocycles. The van der Waals surface area contributed by atoms with Crippen LogP contribution in [-0.2, 0) is 4.74 Å². The van der Waals surface area contributed by atoms with Gasteiger partial charge in [-0.15, -0.1) is 0 Å². The molecule has 0 aliphatic heterocycles. The van der Waals surface area contributed by atoms with Gasteiger partial charge in [-0.2, -0.15) is 0 Å². The molecule has 100 valence electrons. The molecule has 0 fully saturated rings. The molecule has 18 heavy (non-hydrogen) atoms. The van der Waals surface area contributed by atoms with Crippen molar-refractivity contribution in [3.63, 3.8) is 0 Å². The highest BCUT2D eigenvalue weighted by atomic mass is 16.5. The third kappa shape index (κ3) is 3.68. The van der Waals surface area contributed by atoms with E-state index in [-0.39, 0.29) is 19.1 Å². The Balaban J connectivity index is 2.74. The number of hydrogen-bond acceptors (Lipinski definition) is 5. The van der Waals surface area contributed by atoms with Gasteiger partial charge in [-0.3, -0.25) is 9.78 Å². The van der Waals surface area contributed by atoms with E-state index in [0.717, 1.165) is 0 Å². The second-order valence-corrected chi connectivity index (χ2v) is 3.97. The van der Waals surface area contributed by atoms with Crippen molar-refractivity contribution < 1.29 is 14.6 Å². The van der Waals surface area contributed by atoms with E-state index in [4.69, 9.17) is 4.74 Å². The highest BCUT2D eigenvalue weighted by Crippen LogP contribution is 2.14. The Morgan fingerprint density at radius 1 is 1.67 bits per heavy atom. The van der Waals surface area contributed by atoms with Crippen LogP contribution in [0.25, 0.3) is 0 Å². The summed E-state index contributed by atoms with van der Waals surface area (Å²) in [4.78, 5) is 17.5. The first-order valence-corrected chi connectivity index (χ1v) is 5.64. The van der Waals surface area contributed by atoms with Crippen molar-refractivity contribution in [3.8, 4) is 0 Å². The molecular formula is C12H19N3O3. The van der Waals surface area contributed by atoms with Crippen molar-refractivity contribution >= 4 is 11.6 Å². The minimum atomic E-state index is -0.696. The van der Waals surface area contributed by atoms with Gasteiger partial charge in [0.2, 0.25) is 0 Å². The average Bonchev–Trinajstić information content (AvgIpc) is 2.38. The van der Waals surface area contributed by atoms with Crippen LogP contribution in [0.2, 0.25) is 0 Å². The van der Waals surface area contributed by atoms with Crippen LogP contribution in [0, 0.1) is 0 Å². The first-order valence-electron chi connectivity index (χ1n) is 5.64. The van der Waals surface area contributed by atoms with E-state index in [2.05, 4.69) is 10.3 Å². The lowest BCUT2D eigenvalue weighted by Gasteiger charge is -2.21. The van der Waals surface area contributed by atoms with Gasteiger partial charge >= 0.3 is 0 Å². The van der Waals surface area contributed by atoms with E-state index < -0.39 is 6.10 Å². The smallest absolute Gasteiger partial charge is 0.257 e. The van der Waals surface area contributed by atoms with Crippen molar-refractivity contribution in [1.29, 1.82) is 0 Å². The van der Waals surface area contributed by atoms with Gasteiger partial charge in [0.15, 0.2) is 0 Å². The summed E-state index contributed by atoms with van der Waals surface area (Å²) in [6.45, 7) is 0.411. The lowest BCUT2D eigenvalue weighted by molar-refractivity contribution is 0.0380. The van der Waals surface area contributed by atoms with Crippen molar-refractivity contribution in [3.05, 3.63) is 24.0 Å². The lowest BCUT2D eigenvalue weighted by Crippen LogP contribution is -2.36. The Kier molecular flexibility index (Phi) is 5.54. The summed E-state index contributed by atoms with van der Waals surface area (Å²) in [7, 11) is 4.88. The third-order valence-corrected chi connectivity index (χ3v) is 2.51. The molecule has 1 unspecified atom stereocenters. The van der Waals surface area contributed by atoms with Gasteiger partial charge in [0.25, 0.3) is 5.91 Å². The van der Waals surface area contributed by atoms with Crippen molar-refractivity contribution in [1.82, 2.24) is 9.88 Å². The molecular weight excluding hydrogens is 234 g/mol. The number of carbonyl (C=O) groups is 1. The molecule has 0 aliphatic rings. The zero-order valence-corrected chi connectivity index (χ0v) is 10.9. The fourth-order valence-electron chi connectivity index (χ4n) is 1.63. The van der Waals surface area contributed by atoms with Crippen LogP contribution < -0.4 is 5.32 Å². The van der Waals surface area contributed by atoms with Crippen LogP contribution in [0.4, 0.5) is 5.69 Å². The number of hydrogen-bond donors (Lipinski definition) is 2. The second kappa shape index (κ2) is 6.93. The number of nitrogens with one attached hydrogen (secondary N) is 1. The van der Waals surface area contributed by atoms with Crippen LogP contribution in [0.3, 0.4) is 0 Å². The molecule has 1 atom stereocenters. The first-order chi connectivity index (χ1) is 8.60.